The number of nitrogens with one attached hydrogen (secondary N) is 2. The second kappa shape index (κ2) is 6.98. The molecule has 0 aliphatic carbocycles. The number of aryl methyl sites for hydroxylation is 2. The van der Waals surface area contributed by atoms with E-state index >= 15 is 0 Å². The van der Waals surface area contributed by atoms with Crippen LogP contribution in [0.4, 0.5) is 6.01 Å². The summed E-state index contributed by atoms with van der Waals surface area (Å²) in [4.78, 5) is 14.5. The van der Waals surface area contributed by atoms with Crippen LogP contribution in [-0.4, -0.2) is 22.6 Å². The molecule has 0 spiro atoms. The van der Waals surface area contributed by atoms with E-state index in [1.165, 1.54) is 21.6 Å². The Labute approximate surface area is 143 Å². The summed E-state index contributed by atoms with van der Waals surface area (Å²) in [6, 6.07) is 5.69. The van der Waals surface area contributed by atoms with Gasteiger partial charge in [0, 0.05) is 15.8 Å². The maximum atomic E-state index is 12.0. The summed E-state index contributed by atoms with van der Waals surface area (Å²) in [6.45, 7) is 6.34. The molecular weight excluding hydrogens is 328 g/mol. The molecule has 3 heterocycles. The minimum absolute atomic E-state index is 0.0448. The second-order valence-corrected chi connectivity index (χ2v) is 6.87. The fourth-order valence-corrected chi connectivity index (χ4v) is 3.40. The average Bonchev–Trinajstić information content (AvgIpc) is 3.25. The molecule has 3 aromatic heterocycles. The monoisotopic (exact) mass is 346 g/mol. The zero-order valence-electron chi connectivity index (χ0n) is 13.6. The Morgan fingerprint density at radius 1 is 1.38 bits per heavy atom. The lowest BCUT2D eigenvalue weighted by molar-refractivity contribution is -0.115. The number of hydrogen-bond donors (Lipinski definition) is 2. The van der Waals surface area contributed by atoms with Crippen molar-refractivity contribution >= 4 is 23.3 Å². The Morgan fingerprint density at radius 3 is 2.88 bits per heavy atom. The highest BCUT2D eigenvalue weighted by molar-refractivity contribution is 7.12. The van der Waals surface area contributed by atoms with Gasteiger partial charge in [-0.15, -0.1) is 16.4 Å². The third kappa shape index (κ3) is 3.72. The first kappa shape index (κ1) is 16.4. The van der Waals surface area contributed by atoms with Gasteiger partial charge < -0.3 is 14.2 Å². The van der Waals surface area contributed by atoms with Crippen LogP contribution in [0.15, 0.2) is 33.3 Å². The fourth-order valence-electron chi connectivity index (χ4n) is 2.37. The van der Waals surface area contributed by atoms with Crippen LogP contribution in [0, 0.1) is 13.8 Å². The van der Waals surface area contributed by atoms with Gasteiger partial charge >= 0.3 is 6.01 Å². The summed E-state index contributed by atoms with van der Waals surface area (Å²) < 4.78 is 10.5. The van der Waals surface area contributed by atoms with Crippen molar-refractivity contribution in [2.75, 3.05) is 11.9 Å². The van der Waals surface area contributed by atoms with Crippen molar-refractivity contribution < 1.29 is 13.6 Å². The lowest BCUT2D eigenvalue weighted by Gasteiger charge is -2.13. The summed E-state index contributed by atoms with van der Waals surface area (Å²) in [5.41, 5.74) is 1.21. The van der Waals surface area contributed by atoms with Gasteiger partial charge in [0.15, 0.2) is 5.76 Å². The number of nitrogens with zero attached hydrogens (tertiary/aromatic N) is 2. The highest BCUT2D eigenvalue weighted by Gasteiger charge is 2.15. The number of furan rings is 1. The molecular formula is C16H18N4O3S. The molecule has 1 amide bonds. The molecule has 0 aliphatic heterocycles. The molecule has 1 atom stereocenters. The van der Waals surface area contributed by atoms with Crippen molar-refractivity contribution in [2.24, 2.45) is 0 Å². The summed E-state index contributed by atoms with van der Waals surface area (Å²) in [6.07, 6.45) is 1.51. The topological polar surface area (TPSA) is 93.2 Å². The highest BCUT2D eigenvalue weighted by atomic mass is 32.1. The fraction of sp³-hybridized carbons (Fsp3) is 0.312. The van der Waals surface area contributed by atoms with Gasteiger partial charge in [-0.05, 0) is 44.5 Å². The van der Waals surface area contributed by atoms with Crippen LogP contribution in [0.2, 0.25) is 0 Å². The predicted molar refractivity (Wildman–Crippen MR) is 90.8 cm³/mol. The van der Waals surface area contributed by atoms with Crippen LogP contribution >= 0.6 is 11.3 Å². The van der Waals surface area contributed by atoms with E-state index in [4.69, 9.17) is 8.83 Å². The zero-order valence-corrected chi connectivity index (χ0v) is 14.4. The minimum Gasteiger partial charge on any atom is -0.459 e. The van der Waals surface area contributed by atoms with Crippen molar-refractivity contribution in [3.8, 4) is 11.7 Å². The standard InChI is InChI=1S/C16H18N4O3S/c1-9-7-12(11(3)24-9)10(2)17-8-14(21)18-16-20-19-15(23-16)13-5-4-6-22-13/h4-7,10,17H,8H2,1-3H3,(H,18,20,21). The molecule has 24 heavy (non-hydrogen) atoms. The Hall–Kier alpha value is -2.45. The maximum absolute atomic E-state index is 12.0. The number of carbonyl (C=O) groups excluding carboxylic acids is 1. The molecule has 126 valence electrons. The van der Waals surface area contributed by atoms with E-state index in [1.807, 2.05) is 6.92 Å². The third-order valence-electron chi connectivity index (χ3n) is 3.52. The SMILES string of the molecule is Cc1cc(C(C)NCC(=O)Nc2nnc(-c3ccco3)o2)c(C)s1. The molecule has 0 aliphatic rings. The molecule has 1 unspecified atom stereocenters. The Balaban J connectivity index is 1.53. The quantitative estimate of drug-likeness (QED) is 0.711. The molecule has 2 N–H and O–H groups in total. The molecule has 0 aromatic carbocycles. The average molecular weight is 346 g/mol. The predicted octanol–water partition coefficient (Wildman–Crippen LogP) is 3.30. The van der Waals surface area contributed by atoms with Crippen molar-refractivity contribution in [1.82, 2.24) is 15.5 Å². The number of aromatic nitrogens is 2. The number of thiophene rings is 1. The van der Waals surface area contributed by atoms with Gasteiger partial charge in [-0.1, -0.05) is 5.10 Å². The van der Waals surface area contributed by atoms with E-state index in [2.05, 4.69) is 40.7 Å². The zero-order chi connectivity index (χ0) is 17.1. The lowest BCUT2D eigenvalue weighted by atomic mass is 10.1. The van der Waals surface area contributed by atoms with Gasteiger partial charge in [0.2, 0.25) is 5.91 Å². The van der Waals surface area contributed by atoms with Crippen molar-refractivity contribution in [2.45, 2.75) is 26.8 Å². The van der Waals surface area contributed by atoms with Gasteiger partial charge in [-0.2, -0.15) is 0 Å². The normalized spacial score (nSPS) is 12.3. The van der Waals surface area contributed by atoms with Crippen molar-refractivity contribution in [3.63, 3.8) is 0 Å². The van der Waals surface area contributed by atoms with Crippen LogP contribution in [0.3, 0.4) is 0 Å². The number of anilines is 1. The van der Waals surface area contributed by atoms with Crippen LogP contribution < -0.4 is 10.6 Å². The molecule has 0 saturated heterocycles. The molecule has 7 nitrogen and oxygen atoms in total. The maximum Gasteiger partial charge on any atom is 0.322 e. The van der Waals surface area contributed by atoms with Gasteiger partial charge in [0.25, 0.3) is 5.89 Å². The van der Waals surface area contributed by atoms with Gasteiger partial charge in [0.05, 0.1) is 12.8 Å². The van der Waals surface area contributed by atoms with E-state index in [9.17, 15) is 4.79 Å². The first-order valence-electron chi connectivity index (χ1n) is 7.50. The third-order valence-corrected chi connectivity index (χ3v) is 4.50. The van der Waals surface area contributed by atoms with Crippen LogP contribution in [0.5, 0.6) is 0 Å². The molecule has 0 bridgehead atoms. The molecule has 3 rings (SSSR count). The molecule has 8 heteroatoms. The first-order chi connectivity index (χ1) is 11.5. The van der Waals surface area contributed by atoms with Gasteiger partial charge in [-0.3, -0.25) is 10.1 Å². The van der Waals surface area contributed by atoms with Crippen LogP contribution in [0.25, 0.3) is 11.7 Å². The van der Waals surface area contributed by atoms with E-state index in [0.29, 0.717) is 5.76 Å². The Bertz CT molecular complexity index is 822. The summed E-state index contributed by atoms with van der Waals surface area (Å²) in [5, 5.41) is 13.4. The number of hydrogen-bond acceptors (Lipinski definition) is 7. The molecule has 3 aromatic rings. The van der Waals surface area contributed by atoms with E-state index in [-0.39, 0.29) is 30.4 Å². The number of carbonyl (C=O) groups is 1. The minimum atomic E-state index is -0.249. The summed E-state index contributed by atoms with van der Waals surface area (Å²) >= 11 is 1.75. The van der Waals surface area contributed by atoms with E-state index in [0.717, 1.165) is 0 Å². The van der Waals surface area contributed by atoms with Crippen LogP contribution in [0.1, 0.15) is 28.3 Å². The largest absolute Gasteiger partial charge is 0.459 e. The van der Waals surface area contributed by atoms with E-state index in [1.54, 1.807) is 23.5 Å². The second-order valence-electron chi connectivity index (χ2n) is 5.41. The molecule has 0 radical (unpaired) electrons. The van der Waals surface area contributed by atoms with Gasteiger partial charge in [0.1, 0.15) is 0 Å². The smallest absolute Gasteiger partial charge is 0.322 e. The number of amides is 1. The molecule has 0 fully saturated rings. The summed E-state index contributed by atoms with van der Waals surface area (Å²) in [5.74, 6) is 0.431. The van der Waals surface area contributed by atoms with Gasteiger partial charge in [-0.25, -0.2) is 0 Å². The molecule has 0 saturated carbocycles. The van der Waals surface area contributed by atoms with Crippen LogP contribution in [-0.2, 0) is 4.79 Å². The summed E-state index contributed by atoms with van der Waals surface area (Å²) in [7, 11) is 0. The first-order valence-corrected chi connectivity index (χ1v) is 8.32. The number of rotatable bonds is 6. The highest BCUT2D eigenvalue weighted by Crippen LogP contribution is 2.26. The van der Waals surface area contributed by atoms with Crippen molar-refractivity contribution in [1.29, 1.82) is 0 Å². The Kier molecular flexibility index (Phi) is 4.77. The van der Waals surface area contributed by atoms with Crippen molar-refractivity contribution in [3.05, 3.63) is 39.8 Å². The Morgan fingerprint density at radius 2 is 2.21 bits per heavy atom. The van der Waals surface area contributed by atoms with E-state index < -0.39 is 0 Å². The lowest BCUT2D eigenvalue weighted by Crippen LogP contribution is -2.30.